The molecule has 1 fully saturated rings. The third kappa shape index (κ3) is 2.27. The van der Waals surface area contributed by atoms with Crippen molar-refractivity contribution in [2.45, 2.75) is 12.8 Å². The lowest BCUT2D eigenvalue weighted by Crippen LogP contribution is -2.34. The van der Waals surface area contributed by atoms with Crippen LogP contribution in [0, 0.1) is 0 Å². The number of likely N-dealkylation sites (tertiary alicyclic amines) is 1. The van der Waals surface area contributed by atoms with Crippen LogP contribution in [0.3, 0.4) is 0 Å². The van der Waals surface area contributed by atoms with Crippen molar-refractivity contribution in [3.8, 4) is 0 Å². The van der Waals surface area contributed by atoms with Crippen LogP contribution in [0.2, 0.25) is 0 Å². The van der Waals surface area contributed by atoms with Gasteiger partial charge in [-0.1, -0.05) is 0 Å². The molecule has 3 heteroatoms. The minimum absolute atomic E-state index is 0.394. The van der Waals surface area contributed by atoms with E-state index in [-0.39, 0.29) is 0 Å². The van der Waals surface area contributed by atoms with Gasteiger partial charge < -0.3 is 4.90 Å². The van der Waals surface area contributed by atoms with E-state index in [0.29, 0.717) is 11.7 Å². The molecule has 1 heterocycles. The number of nitrogens with zero attached hydrogens (tertiary/aromatic N) is 1. The Kier molecular flexibility index (Phi) is 3.16. The Labute approximate surface area is 66.1 Å². The SMILES string of the molecule is O=C1CCN(CCCl)CC1. The predicted molar refractivity (Wildman–Crippen MR) is 41.4 cm³/mol. The lowest BCUT2D eigenvalue weighted by atomic mass is 10.1. The van der Waals surface area contributed by atoms with Crippen LogP contribution in [-0.4, -0.2) is 36.2 Å². The van der Waals surface area contributed by atoms with Gasteiger partial charge in [-0.2, -0.15) is 0 Å². The quantitative estimate of drug-likeness (QED) is 0.561. The molecule has 0 aromatic carbocycles. The van der Waals surface area contributed by atoms with Crippen LogP contribution in [0.15, 0.2) is 0 Å². The third-order valence-electron chi connectivity index (χ3n) is 1.81. The number of alkyl halides is 1. The lowest BCUT2D eigenvalue weighted by Gasteiger charge is -2.24. The molecule has 0 spiro atoms. The highest BCUT2D eigenvalue weighted by Gasteiger charge is 2.14. The van der Waals surface area contributed by atoms with Crippen LogP contribution in [0.25, 0.3) is 0 Å². The summed E-state index contributed by atoms with van der Waals surface area (Å²) < 4.78 is 0. The van der Waals surface area contributed by atoms with Crippen molar-refractivity contribution >= 4 is 17.4 Å². The minimum atomic E-state index is 0.394. The maximum Gasteiger partial charge on any atom is 0.135 e. The van der Waals surface area contributed by atoms with Crippen molar-refractivity contribution in [1.29, 1.82) is 0 Å². The maximum atomic E-state index is 10.8. The van der Waals surface area contributed by atoms with Gasteiger partial charge in [-0.15, -0.1) is 11.6 Å². The summed E-state index contributed by atoms with van der Waals surface area (Å²) in [5.74, 6) is 1.07. The van der Waals surface area contributed by atoms with Crippen molar-refractivity contribution in [1.82, 2.24) is 4.90 Å². The summed E-state index contributed by atoms with van der Waals surface area (Å²) >= 11 is 5.54. The average Bonchev–Trinajstić information content (AvgIpc) is 1.95. The number of carbonyl (C=O) groups is 1. The zero-order valence-corrected chi connectivity index (χ0v) is 6.73. The van der Waals surface area contributed by atoms with Crippen molar-refractivity contribution in [2.24, 2.45) is 0 Å². The van der Waals surface area contributed by atoms with Gasteiger partial charge in [0.2, 0.25) is 0 Å². The number of piperidine rings is 1. The molecule has 0 saturated carbocycles. The molecule has 0 aliphatic carbocycles. The molecular formula is C7H12ClNO. The molecule has 0 N–H and O–H groups in total. The number of ketones is 1. The topological polar surface area (TPSA) is 20.3 Å². The molecule has 2 nitrogen and oxygen atoms in total. The molecule has 0 unspecified atom stereocenters. The Bertz CT molecular complexity index is 117. The zero-order chi connectivity index (χ0) is 7.40. The first kappa shape index (κ1) is 8.02. The summed E-state index contributed by atoms with van der Waals surface area (Å²) in [5.41, 5.74) is 0. The molecule has 1 saturated heterocycles. The van der Waals surface area contributed by atoms with Crippen LogP contribution in [-0.2, 0) is 4.79 Å². The van der Waals surface area contributed by atoms with Gasteiger partial charge in [-0.25, -0.2) is 0 Å². The van der Waals surface area contributed by atoms with Crippen LogP contribution in [0.1, 0.15) is 12.8 Å². The number of halogens is 1. The second kappa shape index (κ2) is 3.94. The van der Waals surface area contributed by atoms with Crippen LogP contribution in [0.5, 0.6) is 0 Å². The fourth-order valence-corrected chi connectivity index (χ4v) is 1.38. The first-order chi connectivity index (χ1) is 4.83. The first-order valence-corrected chi connectivity index (χ1v) is 4.16. The van der Waals surface area contributed by atoms with E-state index < -0.39 is 0 Å². The molecule has 1 rings (SSSR count). The van der Waals surface area contributed by atoms with Crippen molar-refractivity contribution < 1.29 is 4.79 Å². The van der Waals surface area contributed by atoms with E-state index in [9.17, 15) is 4.79 Å². The van der Waals surface area contributed by atoms with Gasteiger partial charge >= 0.3 is 0 Å². The fourth-order valence-electron chi connectivity index (χ4n) is 1.15. The van der Waals surface area contributed by atoms with Gasteiger partial charge in [0.25, 0.3) is 0 Å². The van der Waals surface area contributed by atoms with Crippen LogP contribution in [0.4, 0.5) is 0 Å². The average molecular weight is 162 g/mol. The van der Waals surface area contributed by atoms with E-state index in [1.807, 2.05) is 0 Å². The summed E-state index contributed by atoms with van der Waals surface area (Å²) in [6, 6.07) is 0. The molecule has 58 valence electrons. The van der Waals surface area contributed by atoms with Gasteiger partial charge in [0.1, 0.15) is 5.78 Å². The third-order valence-corrected chi connectivity index (χ3v) is 1.98. The maximum absolute atomic E-state index is 10.8. The Hall–Kier alpha value is -0.0800. The fraction of sp³-hybridized carbons (Fsp3) is 0.857. The molecule has 0 radical (unpaired) electrons. The molecule has 1 aliphatic rings. The normalized spacial score (nSPS) is 21.5. The first-order valence-electron chi connectivity index (χ1n) is 3.63. The number of carbonyl (C=O) groups excluding carboxylic acids is 1. The van der Waals surface area contributed by atoms with Gasteiger partial charge in [0, 0.05) is 38.4 Å². The van der Waals surface area contributed by atoms with E-state index in [2.05, 4.69) is 4.90 Å². The second-order valence-electron chi connectivity index (χ2n) is 2.57. The van der Waals surface area contributed by atoms with Gasteiger partial charge in [-0.3, -0.25) is 4.79 Å². The standard InChI is InChI=1S/C7H12ClNO/c8-3-6-9-4-1-7(10)2-5-9/h1-6H2. The Morgan fingerprint density at radius 3 is 2.50 bits per heavy atom. The Balaban J connectivity index is 2.19. The van der Waals surface area contributed by atoms with E-state index in [0.717, 1.165) is 32.5 Å². The summed E-state index contributed by atoms with van der Waals surface area (Å²) in [5, 5.41) is 0. The monoisotopic (exact) mass is 161 g/mol. The second-order valence-corrected chi connectivity index (χ2v) is 2.95. The van der Waals surface area contributed by atoms with E-state index >= 15 is 0 Å². The molecule has 10 heavy (non-hydrogen) atoms. The van der Waals surface area contributed by atoms with Gasteiger partial charge in [-0.05, 0) is 0 Å². The smallest absolute Gasteiger partial charge is 0.135 e. The minimum Gasteiger partial charge on any atom is -0.301 e. The number of rotatable bonds is 2. The van der Waals surface area contributed by atoms with Crippen molar-refractivity contribution in [3.05, 3.63) is 0 Å². The highest BCUT2D eigenvalue weighted by atomic mass is 35.5. The number of hydrogen-bond donors (Lipinski definition) is 0. The highest BCUT2D eigenvalue weighted by Crippen LogP contribution is 2.04. The largest absolute Gasteiger partial charge is 0.301 e. The van der Waals surface area contributed by atoms with Crippen molar-refractivity contribution in [3.63, 3.8) is 0 Å². The van der Waals surface area contributed by atoms with Crippen molar-refractivity contribution in [2.75, 3.05) is 25.5 Å². The van der Waals surface area contributed by atoms with E-state index in [1.54, 1.807) is 0 Å². The molecule has 0 aromatic heterocycles. The van der Waals surface area contributed by atoms with Gasteiger partial charge in [0.15, 0.2) is 0 Å². The molecule has 1 aliphatic heterocycles. The molecule has 0 atom stereocenters. The molecular weight excluding hydrogens is 150 g/mol. The number of hydrogen-bond acceptors (Lipinski definition) is 2. The van der Waals surface area contributed by atoms with Gasteiger partial charge in [0.05, 0.1) is 0 Å². The number of Topliss-reactive ketones (excluding diaryl/α,β-unsaturated/α-hetero) is 1. The highest BCUT2D eigenvalue weighted by molar-refractivity contribution is 6.18. The molecule has 0 amide bonds. The zero-order valence-electron chi connectivity index (χ0n) is 5.98. The van der Waals surface area contributed by atoms with E-state index in [4.69, 9.17) is 11.6 Å². The van der Waals surface area contributed by atoms with Crippen LogP contribution >= 0.6 is 11.6 Å². The van der Waals surface area contributed by atoms with E-state index in [1.165, 1.54) is 0 Å². The summed E-state index contributed by atoms with van der Waals surface area (Å²) in [7, 11) is 0. The molecule has 0 bridgehead atoms. The predicted octanol–water partition coefficient (Wildman–Crippen LogP) is 0.890. The summed E-state index contributed by atoms with van der Waals surface area (Å²) in [6.45, 7) is 2.74. The molecule has 0 aromatic rings. The summed E-state index contributed by atoms with van der Waals surface area (Å²) in [4.78, 5) is 13.0. The Morgan fingerprint density at radius 1 is 1.40 bits per heavy atom. The summed E-state index contributed by atoms with van der Waals surface area (Å²) in [6.07, 6.45) is 1.44. The lowest BCUT2D eigenvalue weighted by molar-refractivity contribution is -0.121. The Morgan fingerprint density at radius 2 is 2.00 bits per heavy atom. The van der Waals surface area contributed by atoms with Crippen LogP contribution < -0.4 is 0 Å².